The van der Waals surface area contributed by atoms with Crippen molar-refractivity contribution in [3.05, 3.63) is 28.4 Å². The number of urea groups is 1. The van der Waals surface area contributed by atoms with Crippen LogP contribution in [0.3, 0.4) is 0 Å². The number of aromatic nitrogens is 2. The second kappa shape index (κ2) is 5.66. The Kier molecular flexibility index (Phi) is 4.47. The van der Waals surface area contributed by atoms with E-state index in [0.717, 1.165) is 0 Å². The third kappa shape index (κ3) is 4.57. The predicted molar refractivity (Wildman–Crippen MR) is 69.5 cm³/mol. The molecule has 2 N–H and O–H groups in total. The highest BCUT2D eigenvalue weighted by Gasteiger charge is 2.12. The van der Waals surface area contributed by atoms with Crippen LogP contribution < -0.4 is 16.2 Å². The lowest BCUT2D eigenvalue weighted by molar-refractivity contribution is 0.231. The van der Waals surface area contributed by atoms with E-state index >= 15 is 0 Å². The summed E-state index contributed by atoms with van der Waals surface area (Å²) in [6.45, 7) is 8.22. The molecule has 2 amide bonds. The molecule has 1 aromatic heterocycles. The molecule has 0 unspecified atom stereocenters. The number of hydrogen-bond acceptors (Lipinski definition) is 3. The van der Waals surface area contributed by atoms with E-state index in [1.807, 2.05) is 20.8 Å². The first-order valence-electron chi connectivity index (χ1n) is 5.86. The van der Waals surface area contributed by atoms with Crippen LogP contribution in [-0.4, -0.2) is 27.7 Å². The van der Waals surface area contributed by atoms with Gasteiger partial charge in [0.15, 0.2) is 0 Å². The van der Waals surface area contributed by atoms with Gasteiger partial charge in [-0.15, -0.1) is 0 Å². The van der Waals surface area contributed by atoms with Gasteiger partial charge in [0.25, 0.3) is 5.56 Å². The molecule has 1 rings (SSSR count). The SMILES string of the molecule is Cc1cncn(CCNC(=O)NC(C)(C)C)c1=O. The maximum atomic E-state index is 11.7. The Morgan fingerprint density at radius 1 is 1.44 bits per heavy atom. The van der Waals surface area contributed by atoms with Crippen molar-refractivity contribution in [2.75, 3.05) is 6.54 Å². The van der Waals surface area contributed by atoms with Gasteiger partial charge in [0, 0.05) is 30.4 Å². The van der Waals surface area contributed by atoms with Crippen molar-refractivity contribution in [3.63, 3.8) is 0 Å². The highest BCUT2D eigenvalue weighted by molar-refractivity contribution is 5.74. The Bertz CT molecular complexity index is 474. The predicted octanol–water partition coefficient (Wildman–Crippen LogP) is 0.649. The van der Waals surface area contributed by atoms with Crippen LogP contribution >= 0.6 is 0 Å². The van der Waals surface area contributed by atoms with Crippen LogP contribution in [0.15, 0.2) is 17.3 Å². The fourth-order valence-corrected chi connectivity index (χ4v) is 1.39. The van der Waals surface area contributed by atoms with Crippen molar-refractivity contribution in [2.45, 2.75) is 39.8 Å². The molecular weight excluding hydrogens is 232 g/mol. The third-order valence-corrected chi connectivity index (χ3v) is 2.20. The zero-order valence-corrected chi connectivity index (χ0v) is 11.3. The van der Waals surface area contributed by atoms with Gasteiger partial charge in [-0.1, -0.05) is 0 Å². The van der Waals surface area contributed by atoms with Crippen molar-refractivity contribution in [1.82, 2.24) is 20.2 Å². The highest BCUT2D eigenvalue weighted by atomic mass is 16.2. The van der Waals surface area contributed by atoms with Crippen LogP contribution in [0.1, 0.15) is 26.3 Å². The maximum absolute atomic E-state index is 11.7. The molecule has 0 fully saturated rings. The summed E-state index contributed by atoms with van der Waals surface area (Å²) in [6.07, 6.45) is 3.00. The molecule has 0 saturated heterocycles. The van der Waals surface area contributed by atoms with Crippen molar-refractivity contribution >= 4 is 6.03 Å². The Hall–Kier alpha value is -1.85. The summed E-state index contributed by atoms with van der Waals surface area (Å²) in [6, 6.07) is -0.240. The zero-order valence-electron chi connectivity index (χ0n) is 11.3. The summed E-state index contributed by atoms with van der Waals surface area (Å²) in [5.41, 5.74) is 0.242. The van der Waals surface area contributed by atoms with Gasteiger partial charge in [0.2, 0.25) is 0 Å². The van der Waals surface area contributed by atoms with Crippen molar-refractivity contribution < 1.29 is 4.79 Å². The molecule has 6 heteroatoms. The van der Waals surface area contributed by atoms with E-state index in [2.05, 4.69) is 15.6 Å². The van der Waals surface area contributed by atoms with Gasteiger partial charge in [-0.2, -0.15) is 0 Å². The summed E-state index contributed by atoms with van der Waals surface area (Å²) in [7, 11) is 0. The van der Waals surface area contributed by atoms with Crippen LogP contribution in [0.25, 0.3) is 0 Å². The first-order valence-corrected chi connectivity index (χ1v) is 5.86. The fraction of sp³-hybridized carbons (Fsp3) is 0.583. The zero-order chi connectivity index (χ0) is 13.8. The van der Waals surface area contributed by atoms with Gasteiger partial charge in [0.05, 0.1) is 6.33 Å². The molecule has 0 bridgehead atoms. The summed E-state index contributed by atoms with van der Waals surface area (Å²) < 4.78 is 1.48. The Morgan fingerprint density at radius 3 is 2.72 bits per heavy atom. The first kappa shape index (κ1) is 14.2. The lowest BCUT2D eigenvalue weighted by Gasteiger charge is -2.20. The molecule has 0 aromatic carbocycles. The molecule has 0 aliphatic rings. The average molecular weight is 252 g/mol. The minimum Gasteiger partial charge on any atom is -0.336 e. The van der Waals surface area contributed by atoms with Crippen LogP contribution in [0.2, 0.25) is 0 Å². The summed E-state index contributed by atoms with van der Waals surface area (Å²) in [5, 5.41) is 5.48. The molecule has 1 heterocycles. The van der Waals surface area contributed by atoms with Gasteiger partial charge >= 0.3 is 6.03 Å². The molecule has 0 radical (unpaired) electrons. The molecule has 6 nitrogen and oxygen atoms in total. The molecule has 0 aliphatic heterocycles. The highest BCUT2D eigenvalue weighted by Crippen LogP contribution is 1.97. The molecule has 18 heavy (non-hydrogen) atoms. The summed E-state index contributed by atoms with van der Waals surface area (Å²) in [4.78, 5) is 27.1. The van der Waals surface area contributed by atoms with Crippen molar-refractivity contribution in [3.8, 4) is 0 Å². The quantitative estimate of drug-likeness (QED) is 0.829. The minimum atomic E-state index is -0.272. The van der Waals surface area contributed by atoms with Gasteiger partial charge in [-0.05, 0) is 27.7 Å². The van der Waals surface area contributed by atoms with E-state index in [0.29, 0.717) is 18.7 Å². The average Bonchev–Trinajstić information content (AvgIpc) is 2.21. The van der Waals surface area contributed by atoms with E-state index in [-0.39, 0.29) is 17.1 Å². The van der Waals surface area contributed by atoms with E-state index in [1.54, 1.807) is 6.92 Å². The Labute approximate surface area is 106 Å². The lowest BCUT2D eigenvalue weighted by atomic mass is 10.1. The summed E-state index contributed by atoms with van der Waals surface area (Å²) >= 11 is 0. The monoisotopic (exact) mass is 252 g/mol. The smallest absolute Gasteiger partial charge is 0.315 e. The number of carbonyl (C=O) groups is 1. The first-order chi connectivity index (χ1) is 8.29. The topological polar surface area (TPSA) is 76.0 Å². The Morgan fingerprint density at radius 2 is 2.11 bits per heavy atom. The fourth-order valence-electron chi connectivity index (χ4n) is 1.39. The van der Waals surface area contributed by atoms with E-state index in [4.69, 9.17) is 0 Å². The third-order valence-electron chi connectivity index (χ3n) is 2.20. The normalized spacial score (nSPS) is 11.1. The number of rotatable bonds is 3. The summed E-state index contributed by atoms with van der Waals surface area (Å²) in [5.74, 6) is 0. The van der Waals surface area contributed by atoms with Crippen LogP contribution in [0.4, 0.5) is 4.79 Å². The molecule has 0 spiro atoms. The maximum Gasteiger partial charge on any atom is 0.315 e. The number of aryl methyl sites for hydroxylation is 1. The molecule has 1 aromatic rings. The second-order valence-corrected chi connectivity index (χ2v) is 5.21. The molecule has 0 saturated carbocycles. The van der Waals surface area contributed by atoms with Gasteiger partial charge in [-0.3, -0.25) is 9.36 Å². The number of hydrogen-bond donors (Lipinski definition) is 2. The number of carbonyl (C=O) groups excluding carboxylic acids is 1. The molecule has 0 atom stereocenters. The standard InChI is InChI=1S/C12H20N4O2/c1-9-7-13-8-16(10(9)17)6-5-14-11(18)15-12(2,3)4/h7-8H,5-6H2,1-4H3,(H2,14,15,18). The van der Waals surface area contributed by atoms with E-state index in [1.165, 1.54) is 17.1 Å². The molecule has 100 valence electrons. The number of nitrogens with one attached hydrogen (secondary N) is 2. The van der Waals surface area contributed by atoms with E-state index in [9.17, 15) is 9.59 Å². The van der Waals surface area contributed by atoms with Crippen LogP contribution in [0, 0.1) is 6.92 Å². The lowest BCUT2D eigenvalue weighted by Crippen LogP contribution is -2.47. The van der Waals surface area contributed by atoms with Gasteiger partial charge in [-0.25, -0.2) is 9.78 Å². The minimum absolute atomic E-state index is 0.0805. The van der Waals surface area contributed by atoms with E-state index < -0.39 is 0 Å². The number of amides is 2. The van der Waals surface area contributed by atoms with Crippen LogP contribution in [0.5, 0.6) is 0 Å². The second-order valence-electron chi connectivity index (χ2n) is 5.21. The molecular formula is C12H20N4O2. The van der Waals surface area contributed by atoms with Gasteiger partial charge in [0.1, 0.15) is 0 Å². The largest absolute Gasteiger partial charge is 0.336 e. The van der Waals surface area contributed by atoms with Crippen molar-refractivity contribution in [1.29, 1.82) is 0 Å². The van der Waals surface area contributed by atoms with Crippen molar-refractivity contribution in [2.24, 2.45) is 0 Å². The van der Waals surface area contributed by atoms with Crippen LogP contribution in [-0.2, 0) is 6.54 Å². The van der Waals surface area contributed by atoms with Gasteiger partial charge < -0.3 is 10.6 Å². The number of nitrogens with zero attached hydrogens (tertiary/aromatic N) is 2. The molecule has 0 aliphatic carbocycles. The Balaban J connectivity index is 2.45.